The average molecular weight is 292 g/mol. The number of aryl methyl sites for hydroxylation is 1. The van der Waals surface area contributed by atoms with Crippen molar-refractivity contribution >= 4 is 11.8 Å². The summed E-state index contributed by atoms with van der Waals surface area (Å²) in [5, 5.41) is 2.81. The number of carbonyl (C=O) groups excluding carboxylic acids is 2. The minimum atomic E-state index is -0.724. The van der Waals surface area contributed by atoms with Crippen LogP contribution in [0.15, 0.2) is 12.4 Å². The van der Waals surface area contributed by atoms with Crippen LogP contribution in [-0.2, 0) is 16.1 Å². The van der Waals surface area contributed by atoms with Crippen LogP contribution in [0.25, 0.3) is 0 Å². The van der Waals surface area contributed by atoms with E-state index >= 15 is 0 Å². The molecule has 1 aromatic rings. The third kappa shape index (κ3) is 2.54. The van der Waals surface area contributed by atoms with E-state index in [1.54, 1.807) is 18.0 Å². The van der Waals surface area contributed by atoms with E-state index in [-0.39, 0.29) is 11.8 Å². The minimum absolute atomic E-state index is 0.00364. The monoisotopic (exact) mass is 292 g/mol. The first kappa shape index (κ1) is 15.5. The molecule has 0 aliphatic carbocycles. The molecule has 2 heterocycles. The summed E-state index contributed by atoms with van der Waals surface area (Å²) in [5.41, 5.74) is -0.724. The Bertz CT molecular complexity index is 534. The molecule has 6 nitrogen and oxygen atoms in total. The minimum Gasteiger partial charge on any atom is -0.343 e. The molecule has 21 heavy (non-hydrogen) atoms. The predicted octanol–water partition coefficient (Wildman–Crippen LogP) is 1.10. The first-order chi connectivity index (χ1) is 9.96. The fourth-order valence-corrected chi connectivity index (χ4v) is 3.08. The van der Waals surface area contributed by atoms with Crippen molar-refractivity contribution in [3.05, 3.63) is 18.2 Å². The molecule has 1 N–H and O–H groups in total. The van der Waals surface area contributed by atoms with E-state index in [2.05, 4.69) is 10.3 Å². The van der Waals surface area contributed by atoms with Gasteiger partial charge in [-0.05, 0) is 26.7 Å². The molecule has 2 rings (SSSR count). The lowest BCUT2D eigenvalue weighted by atomic mass is 9.86. The van der Waals surface area contributed by atoms with Crippen molar-refractivity contribution in [2.24, 2.45) is 0 Å². The quantitative estimate of drug-likeness (QED) is 0.883. The molecule has 1 saturated heterocycles. The van der Waals surface area contributed by atoms with Gasteiger partial charge in [-0.15, -0.1) is 0 Å². The Morgan fingerprint density at radius 1 is 1.29 bits per heavy atom. The Balaban J connectivity index is 2.24. The first-order valence-electron chi connectivity index (χ1n) is 7.56. The smallest absolute Gasteiger partial charge is 0.246 e. The number of nitrogens with one attached hydrogen (secondary N) is 1. The van der Waals surface area contributed by atoms with Crippen LogP contribution in [0.5, 0.6) is 0 Å². The van der Waals surface area contributed by atoms with E-state index in [0.29, 0.717) is 25.9 Å². The van der Waals surface area contributed by atoms with Gasteiger partial charge in [0.1, 0.15) is 17.4 Å². The normalized spacial score (nSPS) is 21.5. The van der Waals surface area contributed by atoms with Crippen LogP contribution in [-0.4, -0.2) is 44.4 Å². The molecule has 2 amide bonds. The maximum absolute atomic E-state index is 12.5. The Morgan fingerprint density at radius 2 is 1.95 bits per heavy atom. The molecular formula is C15H24N4O2. The zero-order valence-electron chi connectivity index (χ0n) is 13.2. The van der Waals surface area contributed by atoms with Crippen LogP contribution in [0.2, 0.25) is 0 Å². The lowest BCUT2D eigenvalue weighted by molar-refractivity contribution is -0.158. The Morgan fingerprint density at radius 3 is 2.48 bits per heavy atom. The number of imidazole rings is 1. The predicted molar refractivity (Wildman–Crippen MR) is 79.6 cm³/mol. The van der Waals surface area contributed by atoms with Crippen molar-refractivity contribution in [2.75, 3.05) is 6.54 Å². The summed E-state index contributed by atoms with van der Waals surface area (Å²) in [6.45, 7) is 8.77. The number of piperazine rings is 1. The van der Waals surface area contributed by atoms with Crippen molar-refractivity contribution in [1.82, 2.24) is 19.8 Å². The number of nitrogens with zero attached hydrogens (tertiary/aromatic N) is 3. The second-order valence-corrected chi connectivity index (χ2v) is 5.59. The molecule has 6 heteroatoms. The average Bonchev–Trinajstić information content (AvgIpc) is 2.87. The van der Waals surface area contributed by atoms with E-state index in [9.17, 15) is 9.59 Å². The number of carbonyl (C=O) groups is 2. The molecular weight excluding hydrogens is 268 g/mol. The fraction of sp³-hybridized carbons (Fsp3) is 0.667. The van der Waals surface area contributed by atoms with Crippen LogP contribution >= 0.6 is 0 Å². The van der Waals surface area contributed by atoms with E-state index in [1.165, 1.54) is 0 Å². The van der Waals surface area contributed by atoms with Gasteiger partial charge in [-0.1, -0.05) is 13.8 Å². The van der Waals surface area contributed by atoms with Gasteiger partial charge >= 0.3 is 0 Å². The molecule has 1 atom stereocenters. The van der Waals surface area contributed by atoms with Gasteiger partial charge in [0.25, 0.3) is 0 Å². The number of hydrogen-bond donors (Lipinski definition) is 1. The highest BCUT2D eigenvalue weighted by atomic mass is 16.2. The van der Waals surface area contributed by atoms with Crippen molar-refractivity contribution in [1.29, 1.82) is 0 Å². The molecule has 1 aromatic heterocycles. The molecule has 1 fully saturated rings. The van der Waals surface area contributed by atoms with Gasteiger partial charge < -0.3 is 14.8 Å². The molecule has 0 saturated carbocycles. The molecule has 1 aliphatic rings. The van der Waals surface area contributed by atoms with Crippen molar-refractivity contribution in [2.45, 2.75) is 58.7 Å². The fourth-order valence-electron chi connectivity index (χ4n) is 3.08. The van der Waals surface area contributed by atoms with E-state index in [4.69, 9.17) is 0 Å². The second-order valence-electron chi connectivity index (χ2n) is 5.59. The van der Waals surface area contributed by atoms with E-state index in [0.717, 1.165) is 5.82 Å². The van der Waals surface area contributed by atoms with Crippen LogP contribution < -0.4 is 5.32 Å². The first-order valence-corrected chi connectivity index (χ1v) is 7.56. The van der Waals surface area contributed by atoms with E-state index in [1.807, 2.05) is 31.5 Å². The Labute approximate surface area is 125 Å². The SMILES string of the molecule is CCC1(CC)C(=O)NC(C)C(=O)N1CCn1ccnc1C. The Hall–Kier alpha value is -1.85. The largest absolute Gasteiger partial charge is 0.343 e. The molecule has 0 radical (unpaired) electrons. The van der Waals surface area contributed by atoms with Gasteiger partial charge in [-0.3, -0.25) is 9.59 Å². The summed E-state index contributed by atoms with van der Waals surface area (Å²) in [4.78, 5) is 30.9. The number of hydrogen-bond acceptors (Lipinski definition) is 3. The molecule has 0 bridgehead atoms. The maximum atomic E-state index is 12.5. The van der Waals surface area contributed by atoms with Crippen molar-refractivity contribution in [3.63, 3.8) is 0 Å². The summed E-state index contributed by atoms with van der Waals surface area (Å²) in [7, 11) is 0. The highest BCUT2D eigenvalue weighted by molar-refractivity contribution is 5.99. The molecule has 1 unspecified atom stereocenters. The lowest BCUT2D eigenvalue weighted by Gasteiger charge is -2.47. The third-order valence-electron chi connectivity index (χ3n) is 4.58. The van der Waals surface area contributed by atoms with Crippen LogP contribution in [0.4, 0.5) is 0 Å². The molecule has 1 aliphatic heterocycles. The standard InChI is InChI=1S/C15H24N4O2/c1-5-15(6-2)14(21)17-11(3)13(20)19(15)10-9-18-8-7-16-12(18)4/h7-8,11H,5-6,9-10H2,1-4H3,(H,17,21). The van der Waals surface area contributed by atoms with E-state index < -0.39 is 11.6 Å². The zero-order valence-corrected chi connectivity index (χ0v) is 13.2. The third-order valence-corrected chi connectivity index (χ3v) is 4.58. The van der Waals surface area contributed by atoms with Crippen LogP contribution in [0.3, 0.4) is 0 Å². The second kappa shape index (κ2) is 5.87. The van der Waals surface area contributed by atoms with Crippen molar-refractivity contribution < 1.29 is 9.59 Å². The van der Waals surface area contributed by atoms with Crippen LogP contribution in [0.1, 0.15) is 39.4 Å². The Kier molecular flexibility index (Phi) is 4.34. The maximum Gasteiger partial charge on any atom is 0.246 e. The number of rotatable bonds is 5. The summed E-state index contributed by atoms with van der Waals surface area (Å²) in [5.74, 6) is 0.869. The summed E-state index contributed by atoms with van der Waals surface area (Å²) < 4.78 is 2.00. The van der Waals surface area contributed by atoms with Gasteiger partial charge in [-0.25, -0.2) is 4.98 Å². The molecule has 0 aromatic carbocycles. The van der Waals surface area contributed by atoms with Gasteiger partial charge in [0.2, 0.25) is 11.8 Å². The summed E-state index contributed by atoms with van der Waals surface area (Å²) >= 11 is 0. The molecule has 0 spiro atoms. The zero-order chi connectivity index (χ0) is 15.6. The van der Waals surface area contributed by atoms with Crippen molar-refractivity contribution in [3.8, 4) is 0 Å². The highest BCUT2D eigenvalue weighted by Crippen LogP contribution is 2.28. The summed E-state index contributed by atoms with van der Waals surface area (Å²) in [6, 6.07) is -0.451. The summed E-state index contributed by atoms with van der Waals surface area (Å²) in [6.07, 6.45) is 4.88. The number of aromatic nitrogens is 2. The topological polar surface area (TPSA) is 67.2 Å². The van der Waals surface area contributed by atoms with Gasteiger partial charge in [0.15, 0.2) is 0 Å². The van der Waals surface area contributed by atoms with Gasteiger partial charge in [0, 0.05) is 25.5 Å². The molecule has 116 valence electrons. The van der Waals surface area contributed by atoms with Gasteiger partial charge in [0.05, 0.1) is 0 Å². The number of amides is 2. The highest BCUT2D eigenvalue weighted by Gasteiger charge is 2.48. The van der Waals surface area contributed by atoms with Gasteiger partial charge in [-0.2, -0.15) is 0 Å². The van der Waals surface area contributed by atoms with Crippen LogP contribution in [0, 0.1) is 6.92 Å². The lowest BCUT2D eigenvalue weighted by Crippen LogP contribution is -2.70.